The first-order valence-electron chi connectivity index (χ1n) is 2.56. The highest BCUT2D eigenvalue weighted by Gasteiger charge is 2.02. The highest BCUT2D eigenvalue weighted by Crippen LogP contribution is 2.17. The fraction of sp³-hybridized carbons (Fsp3) is 0. The van der Waals surface area contributed by atoms with E-state index in [2.05, 4.69) is 4.98 Å². The number of pyridine rings is 1. The van der Waals surface area contributed by atoms with Crippen LogP contribution in [0.4, 0.5) is 5.82 Å². The molecular formula is C6H4ClN3. The summed E-state index contributed by atoms with van der Waals surface area (Å²) in [5.74, 6) is 0.176. The van der Waals surface area contributed by atoms with Crippen LogP contribution in [0.1, 0.15) is 5.56 Å². The first-order valence-corrected chi connectivity index (χ1v) is 2.93. The molecule has 2 N–H and O–H groups in total. The van der Waals surface area contributed by atoms with Crippen LogP contribution < -0.4 is 5.73 Å². The minimum absolute atomic E-state index is 0.176. The van der Waals surface area contributed by atoms with Gasteiger partial charge in [-0.2, -0.15) is 5.26 Å². The van der Waals surface area contributed by atoms with Gasteiger partial charge in [0.2, 0.25) is 0 Å². The Balaban J connectivity index is 3.34. The summed E-state index contributed by atoms with van der Waals surface area (Å²) in [6, 6.07) is 3.37. The monoisotopic (exact) mass is 153 g/mol. The topological polar surface area (TPSA) is 62.7 Å². The Kier molecular flexibility index (Phi) is 1.74. The van der Waals surface area contributed by atoms with E-state index in [-0.39, 0.29) is 11.4 Å². The molecule has 1 rings (SSSR count). The second-order valence-electron chi connectivity index (χ2n) is 1.66. The Morgan fingerprint density at radius 2 is 2.40 bits per heavy atom. The van der Waals surface area contributed by atoms with E-state index in [9.17, 15) is 0 Å². The van der Waals surface area contributed by atoms with Gasteiger partial charge in [-0.1, -0.05) is 11.6 Å². The normalized spacial score (nSPS) is 8.80. The van der Waals surface area contributed by atoms with Gasteiger partial charge in [0.15, 0.2) is 0 Å². The predicted molar refractivity (Wildman–Crippen MR) is 38.4 cm³/mol. The molecule has 0 bridgehead atoms. The molecular weight excluding hydrogens is 150 g/mol. The number of hydrogen-bond acceptors (Lipinski definition) is 3. The number of rotatable bonds is 0. The summed E-state index contributed by atoms with van der Waals surface area (Å²) in [6.07, 6.45) is 1.46. The van der Waals surface area contributed by atoms with Crippen molar-refractivity contribution in [1.82, 2.24) is 4.98 Å². The second-order valence-corrected chi connectivity index (χ2v) is 2.07. The van der Waals surface area contributed by atoms with E-state index < -0.39 is 0 Å². The smallest absolute Gasteiger partial charge is 0.142 e. The highest BCUT2D eigenvalue weighted by molar-refractivity contribution is 6.32. The van der Waals surface area contributed by atoms with Crippen LogP contribution in [0.15, 0.2) is 12.3 Å². The largest absolute Gasteiger partial charge is 0.383 e. The molecule has 10 heavy (non-hydrogen) atoms. The van der Waals surface area contributed by atoms with Crippen LogP contribution in [0.3, 0.4) is 0 Å². The summed E-state index contributed by atoms with van der Waals surface area (Å²) in [5, 5.41) is 8.79. The average Bonchev–Trinajstić information content (AvgIpc) is 1.88. The average molecular weight is 154 g/mol. The lowest BCUT2D eigenvalue weighted by Crippen LogP contribution is -1.93. The maximum atomic E-state index is 8.44. The fourth-order valence-corrected chi connectivity index (χ4v) is 0.759. The predicted octanol–water partition coefficient (Wildman–Crippen LogP) is 1.19. The van der Waals surface area contributed by atoms with E-state index in [0.717, 1.165) is 0 Å². The quantitative estimate of drug-likeness (QED) is 0.609. The molecule has 3 nitrogen and oxygen atoms in total. The first-order chi connectivity index (χ1) is 4.75. The van der Waals surface area contributed by atoms with E-state index >= 15 is 0 Å². The minimum atomic E-state index is 0.176. The van der Waals surface area contributed by atoms with Crippen molar-refractivity contribution in [2.24, 2.45) is 0 Å². The Hall–Kier alpha value is -1.27. The highest BCUT2D eigenvalue weighted by atomic mass is 35.5. The molecule has 0 aliphatic rings. The summed E-state index contributed by atoms with van der Waals surface area (Å²) < 4.78 is 0. The summed E-state index contributed by atoms with van der Waals surface area (Å²) in [4.78, 5) is 3.68. The molecule has 0 atom stereocenters. The standard InChI is InChI=1S/C6H4ClN3/c7-5-1-2-10-6(9)4(5)3-8/h1-2H,(H2,9,10). The molecule has 0 amide bonds. The van der Waals surface area contributed by atoms with Gasteiger partial charge in [-0.15, -0.1) is 0 Å². The lowest BCUT2D eigenvalue weighted by atomic mass is 10.3. The lowest BCUT2D eigenvalue weighted by Gasteiger charge is -1.95. The summed E-state index contributed by atoms with van der Waals surface area (Å²) in [5.41, 5.74) is 5.55. The van der Waals surface area contributed by atoms with Gasteiger partial charge in [-0.05, 0) is 6.07 Å². The molecule has 0 aromatic carbocycles. The van der Waals surface area contributed by atoms with Crippen LogP contribution in [-0.4, -0.2) is 4.98 Å². The van der Waals surface area contributed by atoms with Crippen molar-refractivity contribution in [3.05, 3.63) is 22.8 Å². The summed E-state index contributed by atoms with van der Waals surface area (Å²) >= 11 is 5.59. The van der Waals surface area contributed by atoms with Crippen LogP contribution in [0.5, 0.6) is 0 Å². The summed E-state index contributed by atoms with van der Waals surface area (Å²) in [6.45, 7) is 0. The van der Waals surface area contributed by atoms with Crippen molar-refractivity contribution in [3.8, 4) is 6.07 Å². The number of nitrogens with zero attached hydrogens (tertiary/aromatic N) is 2. The van der Waals surface area contributed by atoms with Crippen LogP contribution in [0, 0.1) is 11.3 Å². The zero-order chi connectivity index (χ0) is 7.56. The number of nitrogens with two attached hydrogens (primary N) is 1. The number of nitriles is 1. The SMILES string of the molecule is N#Cc1c(Cl)ccnc1N. The van der Waals surface area contributed by atoms with Crippen molar-refractivity contribution < 1.29 is 0 Å². The molecule has 0 fully saturated rings. The molecule has 0 aliphatic heterocycles. The van der Waals surface area contributed by atoms with Gasteiger partial charge in [0.05, 0.1) is 5.02 Å². The van der Waals surface area contributed by atoms with E-state index in [4.69, 9.17) is 22.6 Å². The van der Waals surface area contributed by atoms with Crippen molar-refractivity contribution in [2.45, 2.75) is 0 Å². The van der Waals surface area contributed by atoms with Crippen LogP contribution in [0.2, 0.25) is 5.02 Å². The maximum absolute atomic E-state index is 8.44. The van der Waals surface area contributed by atoms with E-state index in [0.29, 0.717) is 5.02 Å². The molecule has 0 saturated heterocycles. The number of aromatic nitrogens is 1. The van der Waals surface area contributed by atoms with E-state index in [1.165, 1.54) is 12.3 Å². The third-order valence-electron chi connectivity index (χ3n) is 1.04. The van der Waals surface area contributed by atoms with Crippen LogP contribution in [-0.2, 0) is 0 Å². The Bertz CT molecular complexity index is 269. The molecule has 0 spiro atoms. The molecule has 1 aromatic rings. The third-order valence-corrected chi connectivity index (χ3v) is 1.36. The van der Waals surface area contributed by atoms with Crippen molar-refractivity contribution in [1.29, 1.82) is 5.26 Å². The third kappa shape index (κ3) is 1.02. The molecule has 0 aliphatic carbocycles. The van der Waals surface area contributed by atoms with Gasteiger partial charge in [0.1, 0.15) is 17.5 Å². The minimum Gasteiger partial charge on any atom is -0.383 e. The lowest BCUT2D eigenvalue weighted by molar-refractivity contribution is 1.31. The number of anilines is 1. The van der Waals surface area contributed by atoms with Gasteiger partial charge < -0.3 is 5.73 Å². The molecule has 1 heterocycles. The van der Waals surface area contributed by atoms with Crippen LogP contribution in [0.25, 0.3) is 0 Å². The second kappa shape index (κ2) is 2.54. The van der Waals surface area contributed by atoms with Crippen molar-refractivity contribution in [2.75, 3.05) is 5.73 Å². The fourth-order valence-electron chi connectivity index (χ4n) is 0.564. The van der Waals surface area contributed by atoms with Gasteiger partial charge in [-0.3, -0.25) is 0 Å². The van der Waals surface area contributed by atoms with Gasteiger partial charge in [0.25, 0.3) is 0 Å². The van der Waals surface area contributed by atoms with E-state index in [1.54, 1.807) is 0 Å². The first kappa shape index (κ1) is 6.84. The number of hydrogen-bond donors (Lipinski definition) is 1. The zero-order valence-corrected chi connectivity index (χ0v) is 5.76. The van der Waals surface area contributed by atoms with Crippen molar-refractivity contribution >= 4 is 17.4 Å². The molecule has 0 saturated carbocycles. The Morgan fingerprint density at radius 1 is 1.70 bits per heavy atom. The molecule has 0 radical (unpaired) electrons. The number of halogens is 1. The molecule has 0 unspecified atom stereocenters. The van der Waals surface area contributed by atoms with Gasteiger partial charge in [-0.25, -0.2) is 4.98 Å². The Labute approximate surface area is 63.1 Å². The van der Waals surface area contributed by atoms with Gasteiger partial charge in [0, 0.05) is 6.20 Å². The maximum Gasteiger partial charge on any atom is 0.142 e. The number of nitrogen functional groups attached to an aromatic ring is 1. The van der Waals surface area contributed by atoms with Crippen LogP contribution >= 0.6 is 11.6 Å². The molecule has 4 heteroatoms. The van der Waals surface area contributed by atoms with E-state index in [1.807, 2.05) is 6.07 Å². The van der Waals surface area contributed by atoms with Gasteiger partial charge >= 0.3 is 0 Å². The summed E-state index contributed by atoms with van der Waals surface area (Å²) in [7, 11) is 0. The van der Waals surface area contributed by atoms with Crippen molar-refractivity contribution in [3.63, 3.8) is 0 Å². The molecule has 50 valence electrons. The molecule has 1 aromatic heterocycles. The Morgan fingerprint density at radius 3 is 2.80 bits per heavy atom. The zero-order valence-electron chi connectivity index (χ0n) is 5.00.